The van der Waals surface area contributed by atoms with E-state index in [2.05, 4.69) is 19.9 Å². The lowest BCUT2D eigenvalue weighted by atomic mass is 10.2. The monoisotopic (exact) mass is 292 g/mol. The number of amides is 1. The zero-order valence-corrected chi connectivity index (χ0v) is 12.2. The third-order valence-electron chi connectivity index (χ3n) is 2.67. The third kappa shape index (κ3) is 3.30. The van der Waals surface area contributed by atoms with E-state index < -0.39 is 0 Å². The van der Waals surface area contributed by atoms with Crippen LogP contribution in [-0.2, 0) is 13.0 Å². The maximum atomic E-state index is 12.1. The molecule has 0 aliphatic carbocycles. The summed E-state index contributed by atoms with van der Waals surface area (Å²) in [5.41, 5.74) is 1.57. The minimum atomic E-state index is -0.164. The largest absolute Gasteiger partial charge is 0.478 e. The van der Waals surface area contributed by atoms with E-state index in [0.29, 0.717) is 30.3 Å². The van der Waals surface area contributed by atoms with Crippen molar-refractivity contribution in [1.29, 1.82) is 0 Å². The predicted octanol–water partition coefficient (Wildman–Crippen LogP) is 1.82. The van der Waals surface area contributed by atoms with Crippen LogP contribution in [0, 0.1) is 0 Å². The average Bonchev–Trinajstić information content (AvgIpc) is 2.95. The first-order chi connectivity index (χ1) is 9.76. The quantitative estimate of drug-likeness (QED) is 0.879. The van der Waals surface area contributed by atoms with Gasteiger partial charge >= 0.3 is 0 Å². The van der Waals surface area contributed by atoms with Crippen molar-refractivity contribution in [3.05, 3.63) is 34.5 Å². The average molecular weight is 292 g/mol. The van der Waals surface area contributed by atoms with Crippen molar-refractivity contribution in [3.63, 3.8) is 0 Å². The summed E-state index contributed by atoms with van der Waals surface area (Å²) in [4.78, 5) is 16.8. The molecular weight excluding hydrogens is 276 g/mol. The highest BCUT2D eigenvalue weighted by atomic mass is 32.1. The molecule has 20 heavy (non-hydrogen) atoms. The van der Waals surface area contributed by atoms with Crippen LogP contribution in [0.3, 0.4) is 0 Å². The van der Waals surface area contributed by atoms with Crippen molar-refractivity contribution < 1.29 is 9.53 Å². The zero-order chi connectivity index (χ0) is 14.4. The van der Waals surface area contributed by atoms with E-state index in [1.165, 1.54) is 0 Å². The van der Waals surface area contributed by atoms with Gasteiger partial charge in [0.2, 0.25) is 5.88 Å². The molecule has 0 aromatic carbocycles. The van der Waals surface area contributed by atoms with Gasteiger partial charge in [-0.05, 0) is 30.9 Å². The Morgan fingerprint density at radius 1 is 1.45 bits per heavy atom. The smallest absolute Gasteiger partial charge is 0.265 e. The molecule has 0 unspecified atom stereocenters. The molecular formula is C13H16N4O2S. The molecule has 1 amide bonds. The highest BCUT2D eigenvalue weighted by molar-refractivity contribution is 7.08. The molecule has 2 rings (SSSR count). The summed E-state index contributed by atoms with van der Waals surface area (Å²) in [6.45, 7) is 4.75. The Kier molecular flexibility index (Phi) is 5.00. The Morgan fingerprint density at radius 3 is 3.05 bits per heavy atom. The minimum absolute atomic E-state index is 0.164. The van der Waals surface area contributed by atoms with Crippen LogP contribution in [0.25, 0.3) is 0 Å². The Morgan fingerprint density at radius 2 is 2.30 bits per heavy atom. The number of aryl methyl sites for hydroxylation is 1. The molecule has 0 atom stereocenters. The maximum Gasteiger partial charge on any atom is 0.265 e. The Hall–Kier alpha value is -2.02. The first-order valence-electron chi connectivity index (χ1n) is 6.42. The number of aromatic nitrogens is 3. The van der Waals surface area contributed by atoms with Crippen LogP contribution in [0.2, 0.25) is 0 Å². The molecule has 0 bridgehead atoms. The number of rotatable bonds is 6. The van der Waals surface area contributed by atoms with Gasteiger partial charge < -0.3 is 10.1 Å². The second-order valence-corrected chi connectivity index (χ2v) is 4.74. The molecule has 0 saturated carbocycles. The summed E-state index contributed by atoms with van der Waals surface area (Å²) in [5, 5.41) is 6.77. The van der Waals surface area contributed by atoms with Crippen molar-refractivity contribution in [2.24, 2.45) is 0 Å². The van der Waals surface area contributed by atoms with Crippen LogP contribution in [0.15, 0.2) is 18.3 Å². The summed E-state index contributed by atoms with van der Waals surface area (Å²) >= 11 is 1.11. The molecule has 2 aromatic rings. The summed E-state index contributed by atoms with van der Waals surface area (Å²) in [6, 6.07) is 3.69. The molecule has 0 aliphatic heterocycles. The normalized spacial score (nSPS) is 10.3. The van der Waals surface area contributed by atoms with Crippen LogP contribution in [0.4, 0.5) is 0 Å². The second-order valence-electron chi connectivity index (χ2n) is 3.99. The molecule has 0 spiro atoms. The summed E-state index contributed by atoms with van der Waals surface area (Å²) < 4.78 is 9.23. The van der Waals surface area contributed by atoms with E-state index in [-0.39, 0.29) is 5.91 Å². The molecule has 2 aromatic heterocycles. The highest BCUT2D eigenvalue weighted by Crippen LogP contribution is 2.15. The van der Waals surface area contributed by atoms with Gasteiger partial charge in [0.05, 0.1) is 12.3 Å². The zero-order valence-electron chi connectivity index (χ0n) is 11.4. The van der Waals surface area contributed by atoms with E-state index in [1.54, 1.807) is 6.20 Å². The van der Waals surface area contributed by atoms with Gasteiger partial charge in [0, 0.05) is 18.3 Å². The third-order valence-corrected chi connectivity index (χ3v) is 3.43. The van der Waals surface area contributed by atoms with Crippen molar-refractivity contribution in [1.82, 2.24) is 19.9 Å². The molecule has 2 heterocycles. The van der Waals surface area contributed by atoms with Crippen molar-refractivity contribution in [2.45, 2.75) is 26.8 Å². The van der Waals surface area contributed by atoms with Crippen LogP contribution < -0.4 is 10.1 Å². The number of nitrogens with zero attached hydrogens (tertiary/aromatic N) is 3. The van der Waals surface area contributed by atoms with Gasteiger partial charge in [0.25, 0.3) is 5.91 Å². The second kappa shape index (κ2) is 6.95. The Balaban J connectivity index is 2.04. The SMILES string of the molecule is CCOc1ncccc1CNC(=O)c1snnc1CC. The lowest BCUT2D eigenvalue weighted by molar-refractivity contribution is 0.0953. The standard InChI is InChI=1S/C13H16N4O2S/c1-3-10-11(20-17-16-10)12(18)15-8-9-6-5-7-14-13(9)19-4-2/h5-7H,3-4,8H2,1-2H3,(H,15,18). The molecule has 1 N–H and O–H groups in total. The molecule has 6 nitrogen and oxygen atoms in total. The van der Waals surface area contributed by atoms with Gasteiger partial charge in [0.15, 0.2) is 0 Å². The van der Waals surface area contributed by atoms with E-state index >= 15 is 0 Å². The highest BCUT2D eigenvalue weighted by Gasteiger charge is 2.15. The number of ether oxygens (including phenoxy) is 1. The molecule has 106 valence electrons. The molecule has 0 fully saturated rings. The van der Waals surface area contributed by atoms with Gasteiger partial charge in [-0.15, -0.1) is 5.10 Å². The Labute approximate surface area is 121 Å². The van der Waals surface area contributed by atoms with E-state index in [0.717, 1.165) is 22.8 Å². The first-order valence-corrected chi connectivity index (χ1v) is 7.19. The lowest BCUT2D eigenvalue weighted by Crippen LogP contribution is -2.23. The minimum Gasteiger partial charge on any atom is -0.478 e. The number of nitrogens with one attached hydrogen (secondary N) is 1. The predicted molar refractivity (Wildman–Crippen MR) is 75.9 cm³/mol. The van der Waals surface area contributed by atoms with E-state index in [9.17, 15) is 4.79 Å². The van der Waals surface area contributed by atoms with Crippen molar-refractivity contribution in [2.75, 3.05) is 6.61 Å². The van der Waals surface area contributed by atoms with Gasteiger partial charge in [-0.1, -0.05) is 17.5 Å². The first kappa shape index (κ1) is 14.4. The van der Waals surface area contributed by atoms with E-state index in [4.69, 9.17) is 4.74 Å². The summed E-state index contributed by atoms with van der Waals surface area (Å²) in [5.74, 6) is 0.386. The van der Waals surface area contributed by atoms with Crippen LogP contribution in [0.1, 0.15) is 34.8 Å². The number of carbonyl (C=O) groups is 1. The molecule has 0 aliphatic rings. The van der Waals surface area contributed by atoms with Crippen LogP contribution >= 0.6 is 11.5 Å². The fraction of sp³-hybridized carbons (Fsp3) is 0.385. The summed E-state index contributed by atoms with van der Waals surface area (Å²) in [7, 11) is 0. The van der Waals surface area contributed by atoms with Gasteiger partial charge in [0.1, 0.15) is 4.88 Å². The number of hydrogen-bond donors (Lipinski definition) is 1. The maximum absolute atomic E-state index is 12.1. The van der Waals surface area contributed by atoms with Crippen molar-refractivity contribution in [3.8, 4) is 5.88 Å². The summed E-state index contributed by atoms with van der Waals surface area (Å²) in [6.07, 6.45) is 2.36. The molecule has 7 heteroatoms. The van der Waals surface area contributed by atoms with Crippen molar-refractivity contribution >= 4 is 17.4 Å². The van der Waals surface area contributed by atoms with E-state index in [1.807, 2.05) is 26.0 Å². The number of carbonyl (C=O) groups excluding carboxylic acids is 1. The van der Waals surface area contributed by atoms with Crippen LogP contribution in [-0.4, -0.2) is 27.1 Å². The number of pyridine rings is 1. The molecule has 0 radical (unpaired) electrons. The molecule has 0 saturated heterocycles. The van der Waals surface area contributed by atoms with Gasteiger partial charge in [-0.3, -0.25) is 4.79 Å². The Bertz CT molecular complexity index is 585. The lowest BCUT2D eigenvalue weighted by Gasteiger charge is -2.09. The fourth-order valence-corrected chi connectivity index (χ4v) is 2.36. The number of hydrogen-bond acceptors (Lipinski definition) is 6. The fourth-order valence-electron chi connectivity index (χ4n) is 1.69. The topological polar surface area (TPSA) is 77.0 Å². The van der Waals surface area contributed by atoms with Gasteiger partial charge in [-0.2, -0.15) is 0 Å². The van der Waals surface area contributed by atoms with Gasteiger partial charge in [-0.25, -0.2) is 4.98 Å². The van der Waals surface area contributed by atoms with Crippen LogP contribution in [0.5, 0.6) is 5.88 Å².